The van der Waals surface area contributed by atoms with E-state index >= 15 is 0 Å². The monoisotopic (exact) mass is 225 g/mol. The van der Waals surface area contributed by atoms with E-state index in [4.69, 9.17) is 4.52 Å². The smallest absolute Gasteiger partial charge is 0.321 e. The molecule has 0 aliphatic heterocycles. The van der Waals surface area contributed by atoms with Crippen molar-refractivity contribution in [2.45, 2.75) is 6.42 Å². The molecule has 0 spiro atoms. The van der Waals surface area contributed by atoms with Crippen molar-refractivity contribution in [3.63, 3.8) is 0 Å². The van der Waals surface area contributed by atoms with Gasteiger partial charge in [0, 0.05) is 13.5 Å². The van der Waals surface area contributed by atoms with E-state index in [-0.39, 0.29) is 12.4 Å². The van der Waals surface area contributed by atoms with Gasteiger partial charge in [0.2, 0.25) is 0 Å². The van der Waals surface area contributed by atoms with Crippen LogP contribution in [0, 0.1) is 0 Å². The molecule has 1 aromatic carbocycles. The summed E-state index contributed by atoms with van der Waals surface area (Å²) in [5, 5.41) is 6.63. The molecule has 2 rings (SSSR count). The Morgan fingerprint density at radius 2 is 2.00 bits per heavy atom. The van der Waals surface area contributed by atoms with E-state index in [0.717, 1.165) is 0 Å². The third kappa shape index (κ3) is 2.95. The number of anilines is 1. The van der Waals surface area contributed by atoms with Crippen molar-refractivity contribution in [3.05, 3.63) is 41.7 Å². The van der Waals surface area contributed by atoms with Crippen LogP contribution in [0.25, 0.3) is 0 Å². The summed E-state index contributed by atoms with van der Waals surface area (Å²) in [4.78, 5) is 4.14. The van der Waals surface area contributed by atoms with Gasteiger partial charge in [0.25, 0.3) is 0 Å². The maximum atomic E-state index is 4.91. The highest BCUT2D eigenvalue weighted by molar-refractivity contribution is 5.85. The molecule has 0 unspecified atom stereocenters. The van der Waals surface area contributed by atoms with Gasteiger partial charge in [-0.05, 0) is 5.56 Å². The van der Waals surface area contributed by atoms with Gasteiger partial charge in [0.1, 0.15) is 0 Å². The van der Waals surface area contributed by atoms with Crippen molar-refractivity contribution in [1.82, 2.24) is 10.1 Å². The summed E-state index contributed by atoms with van der Waals surface area (Å²) >= 11 is 0. The summed E-state index contributed by atoms with van der Waals surface area (Å²) in [5.41, 5.74) is 1.18. The molecule has 5 heteroatoms. The lowest BCUT2D eigenvalue weighted by molar-refractivity contribution is 0.425. The van der Waals surface area contributed by atoms with Crippen LogP contribution in [0.4, 0.5) is 6.01 Å². The van der Waals surface area contributed by atoms with E-state index in [9.17, 15) is 0 Å². The summed E-state index contributed by atoms with van der Waals surface area (Å²) in [7, 11) is 1.75. The van der Waals surface area contributed by atoms with Gasteiger partial charge < -0.3 is 9.84 Å². The fraction of sp³-hybridized carbons (Fsp3) is 0.200. The Kier molecular flexibility index (Phi) is 4.12. The van der Waals surface area contributed by atoms with E-state index in [1.807, 2.05) is 30.3 Å². The standard InChI is InChI=1S/C10H11N3O.ClH/c1-11-10-12-9(13-14-10)7-8-5-3-2-4-6-8;/h2-6H,7H2,1H3,(H,11,12,13);1H. The molecule has 2 aromatic rings. The van der Waals surface area contributed by atoms with E-state index in [1.165, 1.54) is 5.56 Å². The predicted molar refractivity (Wildman–Crippen MR) is 60.3 cm³/mol. The zero-order valence-corrected chi connectivity index (χ0v) is 9.12. The molecule has 0 aliphatic carbocycles. The molecule has 0 saturated heterocycles. The summed E-state index contributed by atoms with van der Waals surface area (Å²) in [5.74, 6) is 0.695. The van der Waals surface area contributed by atoms with Crippen molar-refractivity contribution < 1.29 is 4.52 Å². The molecule has 0 aliphatic rings. The highest BCUT2D eigenvalue weighted by atomic mass is 35.5. The Labute approximate surface area is 94.1 Å². The first-order chi connectivity index (χ1) is 6.88. The molecular weight excluding hydrogens is 214 g/mol. The quantitative estimate of drug-likeness (QED) is 0.870. The average molecular weight is 226 g/mol. The Hall–Kier alpha value is -1.55. The second-order valence-corrected chi connectivity index (χ2v) is 2.93. The van der Waals surface area contributed by atoms with Gasteiger partial charge in [-0.25, -0.2) is 0 Å². The topological polar surface area (TPSA) is 51.0 Å². The number of hydrogen-bond acceptors (Lipinski definition) is 4. The number of benzene rings is 1. The maximum Gasteiger partial charge on any atom is 0.321 e. The molecule has 0 saturated carbocycles. The van der Waals surface area contributed by atoms with Gasteiger partial charge in [-0.15, -0.1) is 12.4 Å². The molecular formula is C10H12ClN3O. The molecule has 1 aromatic heterocycles. The molecule has 80 valence electrons. The fourth-order valence-electron chi connectivity index (χ4n) is 1.21. The summed E-state index contributed by atoms with van der Waals surface area (Å²) in [6, 6.07) is 10.5. The number of halogens is 1. The number of nitrogens with one attached hydrogen (secondary N) is 1. The van der Waals surface area contributed by atoms with E-state index in [2.05, 4.69) is 15.5 Å². The highest BCUT2D eigenvalue weighted by Gasteiger charge is 2.04. The lowest BCUT2D eigenvalue weighted by Crippen LogP contribution is -1.91. The van der Waals surface area contributed by atoms with Crippen molar-refractivity contribution in [1.29, 1.82) is 0 Å². The van der Waals surface area contributed by atoms with Crippen LogP contribution >= 0.6 is 12.4 Å². The molecule has 0 atom stereocenters. The van der Waals surface area contributed by atoms with Gasteiger partial charge >= 0.3 is 6.01 Å². The van der Waals surface area contributed by atoms with Crippen LogP contribution in [0.5, 0.6) is 0 Å². The van der Waals surface area contributed by atoms with Crippen LogP contribution in [0.1, 0.15) is 11.4 Å². The molecule has 15 heavy (non-hydrogen) atoms. The minimum absolute atomic E-state index is 0. The molecule has 4 nitrogen and oxygen atoms in total. The van der Waals surface area contributed by atoms with Gasteiger partial charge in [-0.1, -0.05) is 35.5 Å². The van der Waals surface area contributed by atoms with Crippen LogP contribution in [0.15, 0.2) is 34.9 Å². The first-order valence-corrected chi connectivity index (χ1v) is 4.43. The molecule has 1 N–H and O–H groups in total. The Bertz CT molecular complexity index is 402. The van der Waals surface area contributed by atoms with Gasteiger partial charge in [-0.2, -0.15) is 4.98 Å². The normalized spacial score (nSPS) is 9.40. The zero-order chi connectivity index (χ0) is 9.80. The van der Waals surface area contributed by atoms with Crippen LogP contribution in [0.2, 0.25) is 0 Å². The molecule has 0 bridgehead atoms. The summed E-state index contributed by atoms with van der Waals surface area (Å²) in [6.45, 7) is 0. The van der Waals surface area contributed by atoms with E-state index in [0.29, 0.717) is 18.3 Å². The molecule has 0 radical (unpaired) electrons. The average Bonchev–Trinajstić information content (AvgIpc) is 2.67. The molecule has 0 amide bonds. The first-order valence-electron chi connectivity index (χ1n) is 4.43. The predicted octanol–water partition coefficient (Wildman–Crippen LogP) is 2.12. The largest absolute Gasteiger partial charge is 0.341 e. The lowest BCUT2D eigenvalue weighted by Gasteiger charge is -1.93. The number of hydrogen-bond donors (Lipinski definition) is 1. The molecule has 0 fully saturated rings. The zero-order valence-electron chi connectivity index (χ0n) is 8.30. The van der Waals surface area contributed by atoms with Crippen LogP contribution in [-0.4, -0.2) is 17.2 Å². The van der Waals surface area contributed by atoms with Crippen LogP contribution in [-0.2, 0) is 6.42 Å². The van der Waals surface area contributed by atoms with Gasteiger partial charge in [0.15, 0.2) is 5.82 Å². The molecule has 1 heterocycles. The van der Waals surface area contributed by atoms with Crippen molar-refractivity contribution >= 4 is 18.4 Å². The van der Waals surface area contributed by atoms with Gasteiger partial charge in [-0.3, -0.25) is 0 Å². The lowest BCUT2D eigenvalue weighted by atomic mass is 10.1. The van der Waals surface area contributed by atoms with E-state index in [1.54, 1.807) is 7.05 Å². The van der Waals surface area contributed by atoms with Gasteiger partial charge in [0.05, 0.1) is 0 Å². The second-order valence-electron chi connectivity index (χ2n) is 2.93. The van der Waals surface area contributed by atoms with E-state index < -0.39 is 0 Å². The Morgan fingerprint density at radius 1 is 1.27 bits per heavy atom. The number of nitrogens with zero attached hydrogens (tertiary/aromatic N) is 2. The fourth-order valence-corrected chi connectivity index (χ4v) is 1.21. The summed E-state index contributed by atoms with van der Waals surface area (Å²) in [6.07, 6.45) is 0.700. The van der Waals surface area contributed by atoms with Crippen LogP contribution in [0.3, 0.4) is 0 Å². The second kappa shape index (κ2) is 5.36. The highest BCUT2D eigenvalue weighted by Crippen LogP contribution is 2.08. The maximum absolute atomic E-state index is 4.91. The van der Waals surface area contributed by atoms with Crippen molar-refractivity contribution in [3.8, 4) is 0 Å². The minimum Gasteiger partial charge on any atom is -0.341 e. The number of rotatable bonds is 3. The van der Waals surface area contributed by atoms with Crippen LogP contribution < -0.4 is 5.32 Å². The third-order valence-electron chi connectivity index (χ3n) is 1.89. The summed E-state index contributed by atoms with van der Waals surface area (Å²) < 4.78 is 4.91. The Balaban J connectivity index is 0.00000112. The SMILES string of the molecule is CNc1nc(Cc2ccccc2)no1.Cl. The third-order valence-corrected chi connectivity index (χ3v) is 1.89. The number of aromatic nitrogens is 2. The first kappa shape index (κ1) is 11.5. The van der Waals surface area contributed by atoms with Crippen molar-refractivity contribution in [2.75, 3.05) is 12.4 Å². The Morgan fingerprint density at radius 3 is 2.60 bits per heavy atom. The van der Waals surface area contributed by atoms with Crippen molar-refractivity contribution in [2.24, 2.45) is 0 Å². The minimum atomic E-state index is 0.